The largest absolute Gasteiger partial charge is 0.445 e. The van der Waals surface area contributed by atoms with E-state index in [1.807, 2.05) is 19.9 Å². The highest BCUT2D eigenvalue weighted by Crippen LogP contribution is 2.22. The smallest absolute Gasteiger partial charge is 0.253 e. The summed E-state index contributed by atoms with van der Waals surface area (Å²) >= 11 is 1.50. The molecule has 3 rings (SSSR count). The third-order valence-electron chi connectivity index (χ3n) is 3.06. The topological polar surface area (TPSA) is 69.1 Å². The summed E-state index contributed by atoms with van der Waals surface area (Å²) in [6.45, 7) is 8.11. The minimum Gasteiger partial charge on any atom is -0.445 e. The van der Waals surface area contributed by atoms with E-state index < -0.39 is 0 Å². The Morgan fingerprint density at radius 1 is 1.29 bits per heavy atom. The van der Waals surface area contributed by atoms with Gasteiger partial charge in [-0.15, -0.1) is 5.10 Å². The number of hydrogen-bond acceptors (Lipinski definition) is 6. The van der Waals surface area contributed by atoms with Gasteiger partial charge in [0.05, 0.1) is 11.9 Å². The molecular weight excluding hydrogens is 286 g/mol. The molecule has 6 nitrogen and oxygen atoms in total. The Morgan fingerprint density at radius 2 is 2.10 bits per heavy atom. The maximum Gasteiger partial charge on any atom is 0.253 e. The molecule has 3 aromatic rings. The Balaban J connectivity index is 1.77. The molecule has 110 valence electrons. The molecule has 0 aromatic carbocycles. The van der Waals surface area contributed by atoms with Gasteiger partial charge in [-0.05, 0) is 19.9 Å². The molecular formula is C14H17N5OS. The first-order valence-electron chi connectivity index (χ1n) is 6.81. The molecule has 0 unspecified atom stereocenters. The Morgan fingerprint density at radius 3 is 2.81 bits per heavy atom. The number of oxazole rings is 1. The normalized spacial score (nSPS) is 11.7. The lowest BCUT2D eigenvalue weighted by molar-refractivity contribution is 0.453. The molecule has 0 N–H and O–H groups in total. The van der Waals surface area contributed by atoms with Gasteiger partial charge in [0, 0.05) is 17.3 Å². The van der Waals surface area contributed by atoms with Gasteiger partial charge in [0.1, 0.15) is 5.76 Å². The van der Waals surface area contributed by atoms with E-state index in [-0.39, 0.29) is 0 Å². The second kappa shape index (κ2) is 5.48. The molecule has 0 spiro atoms. The Hall–Kier alpha value is -1.89. The average molecular weight is 303 g/mol. The lowest BCUT2D eigenvalue weighted by atomic mass is 10.2. The standard InChI is InChI=1S/C14H17N5OS/c1-8(2)11-6-15-12(20-11)7-21-14-17-13-16-9(3)5-10(4)19(13)18-14/h5-6,8H,7H2,1-4H3. The van der Waals surface area contributed by atoms with Crippen molar-refractivity contribution in [2.45, 2.75) is 44.5 Å². The second-order valence-electron chi connectivity index (χ2n) is 5.24. The van der Waals surface area contributed by atoms with E-state index in [9.17, 15) is 0 Å². The minimum absolute atomic E-state index is 0.347. The van der Waals surface area contributed by atoms with E-state index in [1.165, 1.54) is 11.8 Å². The molecule has 0 aliphatic heterocycles. The highest BCUT2D eigenvalue weighted by molar-refractivity contribution is 7.98. The number of fused-ring (bicyclic) bond motifs is 1. The van der Waals surface area contributed by atoms with Crippen molar-refractivity contribution in [3.63, 3.8) is 0 Å². The molecule has 0 saturated heterocycles. The first-order chi connectivity index (χ1) is 10.0. The van der Waals surface area contributed by atoms with Crippen molar-refractivity contribution >= 4 is 17.5 Å². The fourth-order valence-corrected chi connectivity index (χ4v) is 2.67. The van der Waals surface area contributed by atoms with Gasteiger partial charge in [0.15, 0.2) is 0 Å². The van der Waals surface area contributed by atoms with Gasteiger partial charge in [-0.25, -0.2) is 14.5 Å². The monoisotopic (exact) mass is 303 g/mol. The van der Waals surface area contributed by atoms with Crippen LogP contribution >= 0.6 is 11.8 Å². The van der Waals surface area contributed by atoms with Crippen molar-refractivity contribution in [2.75, 3.05) is 0 Å². The fraction of sp³-hybridized carbons (Fsp3) is 0.429. The molecule has 7 heteroatoms. The first kappa shape index (κ1) is 14.1. The molecule has 0 fully saturated rings. The van der Waals surface area contributed by atoms with E-state index >= 15 is 0 Å². The molecule has 21 heavy (non-hydrogen) atoms. The number of aromatic nitrogens is 5. The molecule has 0 saturated carbocycles. The highest BCUT2D eigenvalue weighted by atomic mass is 32.2. The zero-order chi connectivity index (χ0) is 15.0. The van der Waals surface area contributed by atoms with Crippen LogP contribution in [-0.2, 0) is 5.75 Å². The van der Waals surface area contributed by atoms with E-state index in [4.69, 9.17) is 4.42 Å². The molecule has 0 bridgehead atoms. The number of thioether (sulfide) groups is 1. The number of nitrogens with zero attached hydrogens (tertiary/aromatic N) is 5. The van der Waals surface area contributed by atoms with Crippen LogP contribution in [0, 0.1) is 13.8 Å². The van der Waals surface area contributed by atoms with Crippen LogP contribution < -0.4 is 0 Å². The number of rotatable bonds is 4. The van der Waals surface area contributed by atoms with Gasteiger partial charge in [0.2, 0.25) is 11.0 Å². The summed E-state index contributed by atoms with van der Waals surface area (Å²) in [6, 6.07) is 1.99. The first-order valence-corrected chi connectivity index (χ1v) is 7.80. The lowest BCUT2D eigenvalue weighted by Crippen LogP contribution is -1.97. The summed E-state index contributed by atoms with van der Waals surface area (Å²) in [6.07, 6.45) is 1.78. The maximum absolute atomic E-state index is 5.67. The molecule has 0 aliphatic rings. The highest BCUT2D eigenvalue weighted by Gasteiger charge is 2.11. The van der Waals surface area contributed by atoms with E-state index in [2.05, 4.69) is 33.9 Å². The zero-order valence-electron chi connectivity index (χ0n) is 12.5. The maximum atomic E-state index is 5.67. The molecule has 0 aliphatic carbocycles. The van der Waals surface area contributed by atoms with Crippen LogP contribution in [0.25, 0.3) is 5.78 Å². The summed E-state index contributed by atoms with van der Waals surface area (Å²) in [5.74, 6) is 3.19. The Labute approximate surface area is 127 Å². The van der Waals surface area contributed by atoms with E-state index in [0.29, 0.717) is 28.5 Å². The zero-order valence-corrected chi connectivity index (χ0v) is 13.3. The van der Waals surface area contributed by atoms with Crippen LogP contribution in [0.4, 0.5) is 0 Å². The summed E-state index contributed by atoms with van der Waals surface area (Å²) in [5, 5.41) is 5.13. The fourth-order valence-electron chi connectivity index (χ4n) is 1.99. The van der Waals surface area contributed by atoms with Gasteiger partial charge in [-0.3, -0.25) is 0 Å². The molecule has 3 heterocycles. The summed E-state index contributed by atoms with van der Waals surface area (Å²) in [4.78, 5) is 13.1. The van der Waals surface area contributed by atoms with Crippen LogP contribution in [0.3, 0.4) is 0 Å². The SMILES string of the molecule is Cc1cc(C)n2nc(SCc3ncc(C(C)C)o3)nc2n1. The Kier molecular flexibility index (Phi) is 3.67. The lowest BCUT2D eigenvalue weighted by Gasteiger charge is -1.97. The van der Waals surface area contributed by atoms with Crippen LogP contribution in [-0.4, -0.2) is 24.6 Å². The van der Waals surface area contributed by atoms with Gasteiger partial charge in [-0.1, -0.05) is 25.6 Å². The summed E-state index contributed by atoms with van der Waals surface area (Å²) in [7, 11) is 0. The molecule has 0 amide bonds. The van der Waals surface area contributed by atoms with Crippen molar-refractivity contribution in [3.8, 4) is 0 Å². The van der Waals surface area contributed by atoms with Gasteiger partial charge >= 0.3 is 0 Å². The third kappa shape index (κ3) is 2.92. The van der Waals surface area contributed by atoms with Crippen LogP contribution in [0.1, 0.15) is 42.8 Å². The van der Waals surface area contributed by atoms with Crippen molar-refractivity contribution in [1.29, 1.82) is 0 Å². The summed E-state index contributed by atoms with van der Waals surface area (Å²) < 4.78 is 7.43. The Bertz CT molecular complexity index is 777. The van der Waals surface area contributed by atoms with Gasteiger partial charge in [-0.2, -0.15) is 4.98 Å². The number of hydrogen-bond donors (Lipinski definition) is 0. The third-order valence-corrected chi connectivity index (χ3v) is 3.89. The van der Waals surface area contributed by atoms with Gasteiger partial charge in [0.25, 0.3) is 5.78 Å². The average Bonchev–Trinajstić information content (AvgIpc) is 3.02. The van der Waals surface area contributed by atoms with Crippen LogP contribution in [0.2, 0.25) is 0 Å². The quantitative estimate of drug-likeness (QED) is 0.690. The molecule has 3 aromatic heterocycles. The van der Waals surface area contributed by atoms with E-state index in [1.54, 1.807) is 10.7 Å². The predicted octanol–water partition coefficient (Wildman–Crippen LogP) is 3.14. The molecule has 0 radical (unpaired) electrons. The number of aryl methyl sites for hydroxylation is 2. The second-order valence-corrected chi connectivity index (χ2v) is 6.19. The predicted molar refractivity (Wildman–Crippen MR) is 80.4 cm³/mol. The van der Waals surface area contributed by atoms with E-state index in [0.717, 1.165) is 17.1 Å². The van der Waals surface area contributed by atoms with Crippen molar-refractivity contribution < 1.29 is 4.42 Å². The van der Waals surface area contributed by atoms with Crippen LogP contribution in [0.15, 0.2) is 21.8 Å². The van der Waals surface area contributed by atoms with Crippen molar-refractivity contribution in [2.24, 2.45) is 0 Å². The van der Waals surface area contributed by atoms with Gasteiger partial charge < -0.3 is 4.42 Å². The van der Waals surface area contributed by atoms with Crippen LogP contribution in [0.5, 0.6) is 0 Å². The minimum atomic E-state index is 0.347. The van der Waals surface area contributed by atoms with Crippen molar-refractivity contribution in [3.05, 3.63) is 35.3 Å². The van der Waals surface area contributed by atoms with Crippen molar-refractivity contribution in [1.82, 2.24) is 24.6 Å². The summed E-state index contributed by atoms with van der Waals surface area (Å²) in [5.41, 5.74) is 1.97. The molecule has 0 atom stereocenters.